The number of morpholine rings is 1. The summed E-state index contributed by atoms with van der Waals surface area (Å²) in [7, 11) is 0. The molecule has 1 aliphatic rings. The van der Waals surface area contributed by atoms with E-state index in [9.17, 15) is 8.78 Å². The van der Waals surface area contributed by atoms with Crippen molar-refractivity contribution >= 4 is 0 Å². The van der Waals surface area contributed by atoms with E-state index < -0.39 is 18.6 Å². The van der Waals surface area contributed by atoms with Crippen LogP contribution in [0.15, 0.2) is 0 Å². The Morgan fingerprint density at radius 1 is 1.55 bits per heavy atom. The SMILES string of the molecule is OC[C@@H]1CNC[C@@H](C(F)F)O1. The lowest BCUT2D eigenvalue weighted by Crippen LogP contribution is -2.48. The molecule has 5 heteroatoms. The second-order valence-corrected chi connectivity index (χ2v) is 2.47. The van der Waals surface area contributed by atoms with E-state index in [-0.39, 0.29) is 13.2 Å². The Morgan fingerprint density at radius 2 is 2.27 bits per heavy atom. The minimum Gasteiger partial charge on any atom is -0.394 e. The van der Waals surface area contributed by atoms with Gasteiger partial charge in [-0.25, -0.2) is 8.78 Å². The van der Waals surface area contributed by atoms with Gasteiger partial charge in [-0.2, -0.15) is 0 Å². The second kappa shape index (κ2) is 3.94. The second-order valence-electron chi connectivity index (χ2n) is 2.47. The maximum Gasteiger partial charge on any atom is 0.265 e. The normalized spacial score (nSPS) is 32.7. The summed E-state index contributed by atoms with van der Waals surface area (Å²) in [5, 5.41) is 11.3. The Kier molecular flexibility index (Phi) is 3.16. The van der Waals surface area contributed by atoms with E-state index in [1.54, 1.807) is 0 Å². The fourth-order valence-corrected chi connectivity index (χ4v) is 0.986. The Hall–Kier alpha value is -0.260. The van der Waals surface area contributed by atoms with Crippen LogP contribution in [0.4, 0.5) is 8.78 Å². The third-order valence-corrected chi connectivity index (χ3v) is 1.57. The van der Waals surface area contributed by atoms with Gasteiger partial charge in [0.1, 0.15) is 6.10 Å². The standard InChI is InChI=1S/C6H11F2NO2/c7-6(8)5-2-9-1-4(3-10)11-5/h4-6,9-10H,1-3H2/t4-,5-/m0/s1. The molecular weight excluding hydrogens is 156 g/mol. The van der Waals surface area contributed by atoms with Crippen LogP contribution in [0.1, 0.15) is 0 Å². The lowest BCUT2D eigenvalue weighted by Gasteiger charge is -2.28. The van der Waals surface area contributed by atoms with Gasteiger partial charge in [-0.3, -0.25) is 0 Å². The van der Waals surface area contributed by atoms with Crippen LogP contribution in [0.2, 0.25) is 0 Å². The summed E-state index contributed by atoms with van der Waals surface area (Å²) < 4.78 is 28.8. The van der Waals surface area contributed by atoms with Gasteiger partial charge in [0.2, 0.25) is 0 Å². The molecular formula is C6H11F2NO2. The first-order valence-corrected chi connectivity index (χ1v) is 3.49. The maximum atomic E-state index is 12.0. The van der Waals surface area contributed by atoms with Crippen LogP contribution in [-0.2, 0) is 4.74 Å². The molecule has 0 aromatic heterocycles. The lowest BCUT2D eigenvalue weighted by atomic mass is 10.2. The highest BCUT2D eigenvalue weighted by Crippen LogP contribution is 2.10. The molecule has 1 saturated heterocycles. The lowest BCUT2D eigenvalue weighted by molar-refractivity contribution is -0.120. The third kappa shape index (κ3) is 2.36. The van der Waals surface area contributed by atoms with Crippen molar-refractivity contribution in [1.29, 1.82) is 0 Å². The van der Waals surface area contributed by atoms with Crippen LogP contribution >= 0.6 is 0 Å². The molecule has 1 aliphatic heterocycles. The molecule has 0 aromatic carbocycles. The number of aliphatic hydroxyl groups excluding tert-OH is 1. The van der Waals surface area contributed by atoms with Crippen molar-refractivity contribution in [1.82, 2.24) is 5.32 Å². The Bertz CT molecular complexity index is 123. The molecule has 2 atom stereocenters. The zero-order valence-corrected chi connectivity index (χ0v) is 5.96. The molecule has 0 amide bonds. The van der Waals surface area contributed by atoms with E-state index in [0.29, 0.717) is 6.54 Å². The van der Waals surface area contributed by atoms with E-state index in [1.165, 1.54) is 0 Å². The smallest absolute Gasteiger partial charge is 0.265 e. The number of halogens is 2. The van der Waals surface area contributed by atoms with E-state index >= 15 is 0 Å². The summed E-state index contributed by atoms with van der Waals surface area (Å²) in [5.74, 6) is 0. The minimum absolute atomic E-state index is 0.161. The average Bonchev–Trinajstić information content (AvgIpc) is 2.05. The zero-order valence-electron chi connectivity index (χ0n) is 5.96. The quantitative estimate of drug-likeness (QED) is 0.588. The summed E-state index contributed by atoms with van der Waals surface area (Å²) in [6.45, 7) is 0.393. The summed E-state index contributed by atoms with van der Waals surface area (Å²) in [4.78, 5) is 0. The number of alkyl halides is 2. The van der Waals surface area contributed by atoms with Gasteiger partial charge in [0.15, 0.2) is 0 Å². The van der Waals surface area contributed by atoms with E-state index in [4.69, 9.17) is 9.84 Å². The molecule has 0 aromatic rings. The molecule has 1 rings (SSSR count). The highest BCUT2D eigenvalue weighted by molar-refractivity contribution is 4.75. The van der Waals surface area contributed by atoms with Gasteiger partial charge in [0.25, 0.3) is 6.43 Å². The summed E-state index contributed by atoms with van der Waals surface area (Å²) in [6, 6.07) is 0. The van der Waals surface area contributed by atoms with Crippen molar-refractivity contribution < 1.29 is 18.6 Å². The number of ether oxygens (including phenoxy) is 1. The number of nitrogens with one attached hydrogen (secondary N) is 1. The number of rotatable bonds is 2. The van der Waals surface area contributed by atoms with Crippen molar-refractivity contribution in [3.8, 4) is 0 Å². The van der Waals surface area contributed by atoms with Gasteiger partial charge in [0, 0.05) is 13.1 Å². The molecule has 0 spiro atoms. The molecule has 3 nitrogen and oxygen atoms in total. The first-order chi connectivity index (χ1) is 5.24. The van der Waals surface area contributed by atoms with E-state index in [2.05, 4.69) is 5.32 Å². The molecule has 0 unspecified atom stereocenters. The molecule has 11 heavy (non-hydrogen) atoms. The van der Waals surface area contributed by atoms with Gasteiger partial charge >= 0.3 is 0 Å². The van der Waals surface area contributed by atoms with Crippen molar-refractivity contribution in [3.63, 3.8) is 0 Å². The van der Waals surface area contributed by atoms with Crippen LogP contribution in [0.25, 0.3) is 0 Å². The van der Waals surface area contributed by atoms with Crippen LogP contribution in [0, 0.1) is 0 Å². The molecule has 0 bridgehead atoms. The maximum absolute atomic E-state index is 12.0. The highest BCUT2D eigenvalue weighted by Gasteiger charge is 2.28. The van der Waals surface area contributed by atoms with Crippen LogP contribution in [-0.4, -0.2) is 43.4 Å². The highest BCUT2D eigenvalue weighted by atomic mass is 19.3. The number of hydrogen-bond donors (Lipinski definition) is 2. The van der Waals surface area contributed by atoms with Crippen LogP contribution in [0.5, 0.6) is 0 Å². The number of aliphatic hydroxyl groups is 1. The third-order valence-electron chi connectivity index (χ3n) is 1.57. The minimum atomic E-state index is -2.48. The average molecular weight is 167 g/mol. The van der Waals surface area contributed by atoms with Crippen molar-refractivity contribution in [2.45, 2.75) is 18.6 Å². The van der Waals surface area contributed by atoms with E-state index in [1.807, 2.05) is 0 Å². The molecule has 1 fully saturated rings. The first-order valence-electron chi connectivity index (χ1n) is 3.49. The van der Waals surface area contributed by atoms with E-state index in [0.717, 1.165) is 0 Å². The predicted octanol–water partition coefficient (Wildman–Crippen LogP) is -0.399. The van der Waals surface area contributed by atoms with Gasteiger partial charge in [-0.05, 0) is 0 Å². The largest absolute Gasteiger partial charge is 0.394 e. The van der Waals surface area contributed by atoms with Gasteiger partial charge in [0.05, 0.1) is 12.7 Å². The molecule has 1 heterocycles. The fraction of sp³-hybridized carbons (Fsp3) is 1.00. The summed E-state index contributed by atoms with van der Waals surface area (Å²) in [5.41, 5.74) is 0. The number of hydrogen-bond acceptors (Lipinski definition) is 3. The zero-order chi connectivity index (χ0) is 8.27. The monoisotopic (exact) mass is 167 g/mol. The Balaban J connectivity index is 2.33. The molecule has 0 saturated carbocycles. The summed E-state index contributed by atoms with van der Waals surface area (Å²) in [6.07, 6.45) is -4.03. The van der Waals surface area contributed by atoms with Crippen molar-refractivity contribution in [3.05, 3.63) is 0 Å². The summed E-state index contributed by atoms with van der Waals surface area (Å²) >= 11 is 0. The van der Waals surface area contributed by atoms with Crippen LogP contribution in [0.3, 0.4) is 0 Å². The Labute approximate surface area is 63.3 Å². The Morgan fingerprint density at radius 3 is 2.82 bits per heavy atom. The topological polar surface area (TPSA) is 41.5 Å². The first kappa shape index (κ1) is 8.83. The molecule has 0 radical (unpaired) electrons. The molecule has 0 aliphatic carbocycles. The van der Waals surface area contributed by atoms with Crippen molar-refractivity contribution in [2.75, 3.05) is 19.7 Å². The van der Waals surface area contributed by atoms with Gasteiger partial charge < -0.3 is 15.2 Å². The van der Waals surface area contributed by atoms with Gasteiger partial charge in [-0.15, -0.1) is 0 Å². The van der Waals surface area contributed by atoms with Crippen molar-refractivity contribution in [2.24, 2.45) is 0 Å². The fourth-order valence-electron chi connectivity index (χ4n) is 0.986. The molecule has 66 valence electrons. The van der Waals surface area contributed by atoms with Gasteiger partial charge in [-0.1, -0.05) is 0 Å². The predicted molar refractivity (Wildman–Crippen MR) is 34.6 cm³/mol. The van der Waals surface area contributed by atoms with Crippen LogP contribution < -0.4 is 5.32 Å². The molecule has 2 N–H and O–H groups in total.